The van der Waals surface area contributed by atoms with Gasteiger partial charge in [-0.25, -0.2) is 9.97 Å². The third kappa shape index (κ3) is 5.01. The normalized spacial score (nSPS) is 15.3. The van der Waals surface area contributed by atoms with Gasteiger partial charge in [0.1, 0.15) is 11.5 Å². The number of carbonyl (C=O) groups is 1. The molecule has 35 heavy (non-hydrogen) atoms. The first-order valence-electron chi connectivity index (χ1n) is 11.6. The van der Waals surface area contributed by atoms with Gasteiger partial charge in [0, 0.05) is 42.8 Å². The van der Waals surface area contributed by atoms with Gasteiger partial charge in [0.2, 0.25) is 5.88 Å². The molecule has 1 saturated heterocycles. The number of likely N-dealkylation sites (tertiary alicyclic amines) is 1. The predicted molar refractivity (Wildman–Crippen MR) is 131 cm³/mol. The molecule has 2 aromatic carbocycles. The maximum Gasteiger partial charge on any atom is 0.254 e. The highest BCUT2D eigenvalue weighted by Gasteiger charge is 2.33. The zero-order valence-electron chi connectivity index (χ0n) is 19.8. The molecule has 5 rings (SSSR count). The second-order valence-electron chi connectivity index (χ2n) is 8.53. The van der Waals surface area contributed by atoms with Gasteiger partial charge in [-0.3, -0.25) is 4.79 Å². The fourth-order valence-corrected chi connectivity index (χ4v) is 4.40. The number of hydrogen-bond donors (Lipinski definition) is 0. The summed E-state index contributed by atoms with van der Waals surface area (Å²) < 4.78 is 13.2. The van der Waals surface area contributed by atoms with Gasteiger partial charge in [-0.05, 0) is 55.7 Å². The molecule has 1 amide bonds. The SMILES string of the molecule is COc1ccc(Oc2cc(C)nc([C@@H]3CCCN3C(=O)c3ccccc3Cn3ccnc3)n2)cc1. The first-order valence-corrected chi connectivity index (χ1v) is 11.6. The summed E-state index contributed by atoms with van der Waals surface area (Å²) in [6.45, 7) is 3.16. The molecule has 178 valence electrons. The smallest absolute Gasteiger partial charge is 0.254 e. The van der Waals surface area contributed by atoms with Gasteiger partial charge in [0.15, 0.2) is 5.82 Å². The van der Waals surface area contributed by atoms with E-state index >= 15 is 0 Å². The van der Waals surface area contributed by atoms with Crippen LogP contribution in [0.5, 0.6) is 17.4 Å². The van der Waals surface area contributed by atoms with Crippen molar-refractivity contribution in [1.82, 2.24) is 24.4 Å². The molecule has 1 aliphatic rings. The van der Waals surface area contributed by atoms with Crippen LogP contribution in [0, 0.1) is 6.92 Å². The lowest BCUT2D eigenvalue weighted by atomic mass is 10.1. The van der Waals surface area contributed by atoms with Crippen molar-refractivity contribution in [2.75, 3.05) is 13.7 Å². The molecule has 0 unspecified atom stereocenters. The van der Waals surface area contributed by atoms with Gasteiger partial charge >= 0.3 is 0 Å². The fourth-order valence-electron chi connectivity index (χ4n) is 4.40. The number of imidazole rings is 1. The number of hydrogen-bond acceptors (Lipinski definition) is 6. The Morgan fingerprint density at radius 1 is 1.09 bits per heavy atom. The lowest BCUT2D eigenvalue weighted by molar-refractivity contribution is 0.0728. The van der Waals surface area contributed by atoms with E-state index in [0.717, 1.165) is 29.8 Å². The lowest BCUT2D eigenvalue weighted by Gasteiger charge is -2.25. The van der Waals surface area contributed by atoms with Crippen molar-refractivity contribution in [3.05, 3.63) is 96.0 Å². The van der Waals surface area contributed by atoms with E-state index in [1.165, 1.54) is 0 Å². The molecule has 0 bridgehead atoms. The second-order valence-corrected chi connectivity index (χ2v) is 8.53. The van der Waals surface area contributed by atoms with Crippen LogP contribution in [0.3, 0.4) is 0 Å². The van der Waals surface area contributed by atoms with Gasteiger partial charge in [-0.15, -0.1) is 0 Å². The van der Waals surface area contributed by atoms with Crippen LogP contribution in [0.4, 0.5) is 0 Å². The van der Waals surface area contributed by atoms with E-state index < -0.39 is 0 Å². The first kappa shape index (κ1) is 22.6. The monoisotopic (exact) mass is 469 g/mol. The van der Waals surface area contributed by atoms with E-state index in [0.29, 0.717) is 36.1 Å². The molecular weight excluding hydrogens is 442 g/mol. The minimum absolute atomic E-state index is 0.00839. The number of benzene rings is 2. The Hall–Kier alpha value is -4.20. The summed E-state index contributed by atoms with van der Waals surface area (Å²) in [5.41, 5.74) is 2.43. The number of carbonyl (C=O) groups excluding carboxylic acids is 1. The molecule has 8 nitrogen and oxygen atoms in total. The van der Waals surface area contributed by atoms with Crippen molar-refractivity contribution in [2.45, 2.75) is 32.4 Å². The lowest BCUT2D eigenvalue weighted by Crippen LogP contribution is -2.32. The minimum atomic E-state index is -0.207. The van der Waals surface area contributed by atoms with E-state index in [-0.39, 0.29) is 11.9 Å². The summed E-state index contributed by atoms with van der Waals surface area (Å²) in [5, 5.41) is 0. The molecule has 1 aliphatic heterocycles. The zero-order chi connectivity index (χ0) is 24.2. The quantitative estimate of drug-likeness (QED) is 0.386. The number of rotatable bonds is 7. The molecule has 0 aliphatic carbocycles. The molecule has 3 heterocycles. The van der Waals surface area contributed by atoms with Crippen molar-refractivity contribution in [3.63, 3.8) is 0 Å². The van der Waals surface area contributed by atoms with Crippen LogP contribution in [-0.2, 0) is 6.54 Å². The number of aromatic nitrogens is 4. The van der Waals surface area contributed by atoms with Gasteiger partial charge in [0.05, 0.1) is 19.5 Å². The number of aryl methyl sites for hydroxylation is 1. The predicted octanol–water partition coefficient (Wildman–Crippen LogP) is 4.81. The van der Waals surface area contributed by atoms with E-state index in [4.69, 9.17) is 14.5 Å². The molecular formula is C27H27N5O3. The van der Waals surface area contributed by atoms with Crippen LogP contribution >= 0.6 is 0 Å². The molecule has 0 saturated carbocycles. The third-order valence-electron chi connectivity index (χ3n) is 6.10. The van der Waals surface area contributed by atoms with Crippen molar-refractivity contribution >= 4 is 5.91 Å². The third-order valence-corrected chi connectivity index (χ3v) is 6.10. The molecule has 1 atom stereocenters. The van der Waals surface area contributed by atoms with Crippen LogP contribution in [-0.4, -0.2) is 44.0 Å². The average Bonchev–Trinajstić information content (AvgIpc) is 3.57. The van der Waals surface area contributed by atoms with Gasteiger partial charge in [-0.1, -0.05) is 18.2 Å². The number of methoxy groups -OCH3 is 1. The summed E-state index contributed by atoms with van der Waals surface area (Å²) in [6.07, 6.45) is 7.09. The van der Waals surface area contributed by atoms with Crippen LogP contribution in [0.25, 0.3) is 0 Å². The topological polar surface area (TPSA) is 82.4 Å². The number of nitrogens with zero attached hydrogens (tertiary/aromatic N) is 5. The minimum Gasteiger partial charge on any atom is -0.497 e. The highest BCUT2D eigenvalue weighted by atomic mass is 16.5. The Morgan fingerprint density at radius 3 is 2.66 bits per heavy atom. The largest absolute Gasteiger partial charge is 0.497 e. The number of amides is 1. The van der Waals surface area contributed by atoms with Crippen LogP contribution < -0.4 is 9.47 Å². The van der Waals surface area contributed by atoms with E-state index in [1.807, 2.05) is 71.1 Å². The Labute approximate surface area is 204 Å². The average molecular weight is 470 g/mol. The molecule has 2 aromatic heterocycles. The van der Waals surface area contributed by atoms with Gasteiger partial charge in [-0.2, -0.15) is 4.98 Å². The van der Waals surface area contributed by atoms with Crippen LogP contribution in [0.15, 0.2) is 73.3 Å². The number of ether oxygens (including phenoxy) is 2. The van der Waals surface area contributed by atoms with Gasteiger partial charge in [0.25, 0.3) is 5.91 Å². The second kappa shape index (κ2) is 9.97. The van der Waals surface area contributed by atoms with E-state index in [9.17, 15) is 4.79 Å². The van der Waals surface area contributed by atoms with E-state index in [1.54, 1.807) is 25.7 Å². The zero-order valence-corrected chi connectivity index (χ0v) is 19.8. The molecule has 0 N–H and O–H groups in total. The Kier molecular flexibility index (Phi) is 6.43. The summed E-state index contributed by atoms with van der Waals surface area (Å²) in [6, 6.07) is 16.7. The fraction of sp³-hybridized carbons (Fsp3) is 0.259. The first-order chi connectivity index (χ1) is 17.1. The van der Waals surface area contributed by atoms with Crippen molar-refractivity contribution in [1.29, 1.82) is 0 Å². The van der Waals surface area contributed by atoms with Crippen LogP contribution in [0.1, 0.15) is 46.3 Å². The summed E-state index contributed by atoms with van der Waals surface area (Å²) in [5.74, 6) is 2.46. The highest BCUT2D eigenvalue weighted by molar-refractivity contribution is 5.96. The molecule has 0 radical (unpaired) electrons. The Bertz CT molecular complexity index is 1300. The van der Waals surface area contributed by atoms with Crippen molar-refractivity contribution < 1.29 is 14.3 Å². The van der Waals surface area contributed by atoms with Gasteiger partial charge < -0.3 is 18.9 Å². The molecule has 8 heteroatoms. The maximum absolute atomic E-state index is 13.7. The molecule has 4 aromatic rings. The van der Waals surface area contributed by atoms with E-state index in [2.05, 4.69) is 9.97 Å². The summed E-state index contributed by atoms with van der Waals surface area (Å²) >= 11 is 0. The standard InChI is InChI=1S/C27H27N5O3/c1-19-16-25(35-22-11-9-21(34-2)10-12-22)30-26(29-19)24-8-5-14-32(24)27(33)23-7-4-3-6-20(23)17-31-15-13-28-18-31/h3-4,6-7,9-13,15-16,18,24H,5,8,14,17H2,1-2H3/t24-/m0/s1. The Morgan fingerprint density at radius 2 is 1.89 bits per heavy atom. The summed E-state index contributed by atoms with van der Waals surface area (Å²) in [7, 11) is 1.63. The van der Waals surface area contributed by atoms with Crippen molar-refractivity contribution in [2.24, 2.45) is 0 Å². The van der Waals surface area contributed by atoms with Crippen LogP contribution in [0.2, 0.25) is 0 Å². The molecule has 0 spiro atoms. The highest BCUT2D eigenvalue weighted by Crippen LogP contribution is 2.33. The maximum atomic E-state index is 13.7. The summed E-state index contributed by atoms with van der Waals surface area (Å²) in [4.78, 5) is 29.1. The van der Waals surface area contributed by atoms with Crippen molar-refractivity contribution in [3.8, 4) is 17.4 Å². The molecule has 1 fully saturated rings. The Balaban J connectivity index is 1.39.